The molecule has 0 unspecified atom stereocenters. The van der Waals surface area contributed by atoms with E-state index in [9.17, 15) is 22.8 Å². The van der Waals surface area contributed by atoms with Gasteiger partial charge in [0.15, 0.2) is 5.69 Å². The molecular weight excluding hydrogens is 409 g/mol. The van der Waals surface area contributed by atoms with Crippen LogP contribution in [-0.4, -0.2) is 27.6 Å². The van der Waals surface area contributed by atoms with Crippen LogP contribution < -0.4 is 10.6 Å². The minimum Gasteiger partial charge on any atom is -0.349 e. The molecule has 1 fully saturated rings. The van der Waals surface area contributed by atoms with Crippen molar-refractivity contribution in [2.75, 3.05) is 0 Å². The molecule has 0 spiro atoms. The summed E-state index contributed by atoms with van der Waals surface area (Å²) in [5.41, 5.74) is -0.347. The largest absolute Gasteiger partial charge is 0.434 e. The zero-order valence-corrected chi connectivity index (χ0v) is 16.3. The zero-order valence-electron chi connectivity index (χ0n) is 16.3. The fourth-order valence-corrected chi connectivity index (χ4v) is 3.10. The molecule has 9 heteroatoms. The van der Waals surface area contributed by atoms with E-state index in [1.807, 2.05) is 0 Å². The maximum atomic E-state index is 13.7. The zero-order chi connectivity index (χ0) is 22.0. The lowest BCUT2D eigenvalue weighted by Gasteiger charge is -2.13. The number of alkyl halides is 3. The van der Waals surface area contributed by atoms with Crippen molar-refractivity contribution in [2.45, 2.75) is 31.6 Å². The van der Waals surface area contributed by atoms with Crippen molar-refractivity contribution in [2.24, 2.45) is 0 Å². The second kappa shape index (κ2) is 8.25. The molecule has 2 amide bonds. The molecule has 1 saturated carbocycles. The Morgan fingerprint density at radius 1 is 1.00 bits per heavy atom. The number of hydrogen-bond acceptors (Lipinski definition) is 3. The van der Waals surface area contributed by atoms with E-state index in [0.717, 1.165) is 19.0 Å². The van der Waals surface area contributed by atoms with Crippen molar-refractivity contribution in [3.63, 3.8) is 0 Å². The van der Waals surface area contributed by atoms with Gasteiger partial charge in [0.2, 0.25) is 0 Å². The van der Waals surface area contributed by atoms with E-state index >= 15 is 0 Å². The van der Waals surface area contributed by atoms with Crippen LogP contribution in [0.1, 0.15) is 44.8 Å². The Kier molecular flexibility index (Phi) is 5.50. The average Bonchev–Trinajstić information content (AvgIpc) is 3.45. The molecule has 1 aliphatic carbocycles. The first-order valence-electron chi connectivity index (χ1n) is 9.71. The number of rotatable bonds is 6. The maximum Gasteiger partial charge on any atom is 0.434 e. The van der Waals surface area contributed by atoms with Crippen LogP contribution in [0.25, 0.3) is 5.69 Å². The van der Waals surface area contributed by atoms with Crippen molar-refractivity contribution >= 4 is 11.8 Å². The summed E-state index contributed by atoms with van der Waals surface area (Å²) in [5.74, 6) is -1.05. The average molecular weight is 428 g/mol. The van der Waals surface area contributed by atoms with Crippen molar-refractivity contribution in [1.82, 2.24) is 20.4 Å². The molecule has 3 aromatic rings. The number of nitrogens with one attached hydrogen (secondary N) is 2. The van der Waals surface area contributed by atoms with Gasteiger partial charge < -0.3 is 10.6 Å². The third kappa shape index (κ3) is 4.76. The Morgan fingerprint density at radius 2 is 1.68 bits per heavy atom. The number of amides is 2. The molecule has 4 rings (SSSR count). The second-order valence-electron chi connectivity index (χ2n) is 7.28. The summed E-state index contributed by atoms with van der Waals surface area (Å²) in [4.78, 5) is 24.5. The Morgan fingerprint density at radius 3 is 2.29 bits per heavy atom. The summed E-state index contributed by atoms with van der Waals surface area (Å²) < 4.78 is 41.8. The highest BCUT2D eigenvalue weighted by atomic mass is 19.4. The van der Waals surface area contributed by atoms with E-state index in [1.54, 1.807) is 42.5 Å². The Bertz CT molecular complexity index is 1090. The number of hydrogen-bond donors (Lipinski definition) is 2. The number of halogens is 3. The van der Waals surface area contributed by atoms with Crippen molar-refractivity contribution in [3.05, 3.63) is 83.2 Å². The highest BCUT2D eigenvalue weighted by Crippen LogP contribution is 2.33. The minimum atomic E-state index is -4.77. The molecule has 160 valence electrons. The quantitative estimate of drug-likeness (QED) is 0.629. The summed E-state index contributed by atoms with van der Waals surface area (Å²) in [7, 11) is 0. The summed E-state index contributed by atoms with van der Waals surface area (Å²) >= 11 is 0. The number of benzene rings is 2. The highest BCUT2D eigenvalue weighted by molar-refractivity contribution is 5.96. The molecule has 1 aliphatic rings. The molecule has 0 aliphatic heterocycles. The number of aromatic nitrogens is 2. The normalized spacial score (nSPS) is 13.6. The summed E-state index contributed by atoms with van der Waals surface area (Å²) in [5, 5.41) is 9.14. The first-order valence-corrected chi connectivity index (χ1v) is 9.71. The standard InChI is InChI=1S/C22H19F3N4O2/c23-22(24,25)19-18(13-27-29(19)17-4-2-1-3-5-17)21(31)26-12-14-6-8-15(9-7-14)20(30)28-16-10-11-16/h1-9,13,16H,10-12H2,(H,26,31)(H,28,30). The monoisotopic (exact) mass is 428 g/mol. The van der Waals surface area contributed by atoms with Crippen LogP contribution in [-0.2, 0) is 12.7 Å². The van der Waals surface area contributed by atoms with Gasteiger partial charge in [-0.15, -0.1) is 0 Å². The Balaban J connectivity index is 1.47. The van der Waals surface area contributed by atoms with E-state index in [1.165, 1.54) is 12.1 Å². The molecular formula is C22H19F3N4O2. The minimum absolute atomic E-state index is 0.0111. The Hall–Kier alpha value is -3.62. The lowest BCUT2D eigenvalue weighted by Crippen LogP contribution is -2.27. The lowest BCUT2D eigenvalue weighted by atomic mass is 10.1. The van der Waals surface area contributed by atoms with Gasteiger partial charge in [0, 0.05) is 18.2 Å². The SMILES string of the molecule is O=C(NC1CC1)c1ccc(CNC(=O)c2cnn(-c3ccccc3)c2C(F)(F)F)cc1. The third-order valence-corrected chi connectivity index (χ3v) is 4.86. The van der Waals surface area contributed by atoms with Gasteiger partial charge in [-0.05, 0) is 42.7 Å². The van der Waals surface area contributed by atoms with E-state index < -0.39 is 23.3 Å². The lowest BCUT2D eigenvalue weighted by molar-refractivity contribution is -0.143. The van der Waals surface area contributed by atoms with Crippen molar-refractivity contribution in [1.29, 1.82) is 0 Å². The van der Waals surface area contributed by atoms with Crippen molar-refractivity contribution in [3.8, 4) is 5.69 Å². The number of carbonyl (C=O) groups excluding carboxylic acids is 2. The van der Waals surface area contributed by atoms with E-state index in [0.29, 0.717) is 15.8 Å². The van der Waals surface area contributed by atoms with Crippen molar-refractivity contribution < 1.29 is 22.8 Å². The topological polar surface area (TPSA) is 76.0 Å². The van der Waals surface area contributed by atoms with Crippen LogP contribution in [0.15, 0.2) is 60.8 Å². The molecule has 1 heterocycles. The van der Waals surface area contributed by atoms with Crippen LogP contribution in [0.4, 0.5) is 13.2 Å². The van der Waals surface area contributed by atoms with Crippen LogP contribution in [0, 0.1) is 0 Å². The fourth-order valence-electron chi connectivity index (χ4n) is 3.10. The molecule has 1 aromatic heterocycles. The van der Waals surface area contributed by atoms with Gasteiger partial charge in [-0.3, -0.25) is 9.59 Å². The van der Waals surface area contributed by atoms with Gasteiger partial charge in [-0.2, -0.15) is 18.3 Å². The van der Waals surface area contributed by atoms with Crippen LogP contribution in [0.2, 0.25) is 0 Å². The first kappa shape index (κ1) is 20.6. The van der Waals surface area contributed by atoms with Gasteiger partial charge in [0.1, 0.15) is 0 Å². The van der Waals surface area contributed by atoms with Gasteiger partial charge >= 0.3 is 6.18 Å². The van der Waals surface area contributed by atoms with E-state index in [2.05, 4.69) is 15.7 Å². The highest BCUT2D eigenvalue weighted by Gasteiger charge is 2.40. The number of para-hydroxylation sites is 1. The van der Waals surface area contributed by atoms with Crippen LogP contribution in [0.5, 0.6) is 0 Å². The molecule has 0 radical (unpaired) electrons. The fraction of sp³-hybridized carbons (Fsp3) is 0.227. The van der Waals surface area contributed by atoms with Gasteiger partial charge in [0.05, 0.1) is 17.4 Å². The molecule has 0 saturated heterocycles. The van der Waals surface area contributed by atoms with Crippen LogP contribution >= 0.6 is 0 Å². The summed E-state index contributed by atoms with van der Waals surface area (Å²) in [6.45, 7) is 0.0111. The third-order valence-electron chi connectivity index (χ3n) is 4.86. The summed E-state index contributed by atoms with van der Waals surface area (Å²) in [6, 6.07) is 14.6. The maximum absolute atomic E-state index is 13.7. The predicted octanol–water partition coefficient (Wildman–Crippen LogP) is 3.71. The van der Waals surface area contributed by atoms with E-state index in [4.69, 9.17) is 0 Å². The number of carbonyl (C=O) groups is 2. The second-order valence-corrected chi connectivity index (χ2v) is 7.28. The first-order chi connectivity index (χ1) is 14.8. The van der Waals surface area contributed by atoms with E-state index in [-0.39, 0.29) is 24.2 Å². The molecule has 0 atom stereocenters. The Labute approximate surface area is 176 Å². The molecule has 31 heavy (non-hydrogen) atoms. The molecule has 2 N–H and O–H groups in total. The summed E-state index contributed by atoms with van der Waals surface area (Å²) in [6.07, 6.45) is -1.89. The van der Waals surface area contributed by atoms with Gasteiger partial charge in [0.25, 0.3) is 11.8 Å². The van der Waals surface area contributed by atoms with Crippen LogP contribution in [0.3, 0.4) is 0 Å². The molecule has 6 nitrogen and oxygen atoms in total. The van der Waals surface area contributed by atoms with Gasteiger partial charge in [-0.1, -0.05) is 30.3 Å². The molecule has 0 bridgehead atoms. The molecule has 2 aromatic carbocycles. The number of nitrogens with zero attached hydrogens (tertiary/aromatic N) is 2. The predicted molar refractivity (Wildman–Crippen MR) is 107 cm³/mol. The van der Waals surface area contributed by atoms with Gasteiger partial charge in [-0.25, -0.2) is 4.68 Å². The smallest absolute Gasteiger partial charge is 0.349 e.